The highest BCUT2D eigenvalue weighted by Gasteiger charge is 2.35. The van der Waals surface area contributed by atoms with E-state index in [0.29, 0.717) is 30.3 Å². The van der Waals surface area contributed by atoms with Gasteiger partial charge in [-0.2, -0.15) is 9.59 Å². The fourth-order valence-electron chi connectivity index (χ4n) is 9.45. The van der Waals surface area contributed by atoms with Crippen molar-refractivity contribution in [3.8, 4) is 0 Å². The number of carbonyl (C=O) groups excluding carboxylic acids is 5. The van der Waals surface area contributed by atoms with Gasteiger partial charge in [0, 0.05) is 42.6 Å². The molecular weight excluding hydrogens is 988 g/mol. The third-order valence-electron chi connectivity index (χ3n) is 13.7. The third kappa shape index (κ3) is 29.6. The van der Waals surface area contributed by atoms with Crippen molar-refractivity contribution in [1.29, 1.82) is 0 Å². The van der Waals surface area contributed by atoms with Crippen LogP contribution >= 0.6 is 19.8 Å². The first-order valence-corrected chi connectivity index (χ1v) is 30.8. The highest BCUT2D eigenvalue weighted by Crippen LogP contribution is 2.44. The van der Waals surface area contributed by atoms with Crippen LogP contribution in [-0.2, 0) is 47.3 Å². The van der Waals surface area contributed by atoms with Gasteiger partial charge in [-0.1, -0.05) is 192 Å². The molecule has 1 aliphatic heterocycles. The average Bonchev–Trinajstić information content (AvgIpc) is 3.39. The van der Waals surface area contributed by atoms with Crippen LogP contribution in [-0.4, -0.2) is 72.0 Å². The summed E-state index contributed by atoms with van der Waals surface area (Å²) in [5, 5.41) is 7.10. The predicted molar refractivity (Wildman–Crippen MR) is 303 cm³/mol. The molecule has 418 valence electrons. The molecule has 3 unspecified atom stereocenters. The molecule has 0 amide bonds. The fourth-order valence-corrected chi connectivity index (χ4v) is 10.8. The smallest absolute Gasteiger partial charge is 0.373 e. The summed E-state index contributed by atoms with van der Waals surface area (Å²) in [7, 11) is -3.95. The van der Waals surface area contributed by atoms with Crippen LogP contribution in [0.1, 0.15) is 212 Å². The zero-order valence-corrected chi connectivity index (χ0v) is 47.2. The molecule has 0 fully saturated rings. The Morgan fingerprint density at radius 3 is 1.83 bits per heavy atom. The summed E-state index contributed by atoms with van der Waals surface area (Å²) in [6.45, 7) is 5.22. The van der Waals surface area contributed by atoms with Crippen molar-refractivity contribution in [2.75, 3.05) is 31.2 Å². The maximum atomic E-state index is 13.1. The Bertz CT molecular complexity index is 2060. The van der Waals surface area contributed by atoms with Crippen molar-refractivity contribution in [3.63, 3.8) is 0 Å². The minimum atomic E-state index is -3.95. The molecule has 2 aliphatic carbocycles. The molecule has 4 atom stereocenters. The quantitative estimate of drug-likeness (QED) is 0.0244. The Hall–Kier alpha value is -4.45. The summed E-state index contributed by atoms with van der Waals surface area (Å²) >= 11 is 5.58. The molecule has 3 N–H and O–H groups in total. The van der Waals surface area contributed by atoms with Gasteiger partial charge < -0.3 is 34.3 Å². The van der Waals surface area contributed by atoms with E-state index in [-0.39, 0.29) is 68.1 Å². The maximum absolute atomic E-state index is 13.1. The molecular formula is C60H91N2O11PS. The molecule has 1 aromatic carbocycles. The molecule has 0 saturated carbocycles. The normalized spacial score (nSPS) is 16.5. The number of rotatable bonds is 41. The zero-order valence-electron chi connectivity index (χ0n) is 45.5. The third-order valence-corrected chi connectivity index (χ3v) is 15.4. The van der Waals surface area contributed by atoms with Gasteiger partial charge in [-0.05, 0) is 85.8 Å². The van der Waals surface area contributed by atoms with E-state index >= 15 is 0 Å². The van der Waals surface area contributed by atoms with E-state index in [2.05, 4.69) is 42.7 Å². The number of anilines is 1. The second-order valence-electron chi connectivity index (χ2n) is 20.1. The minimum Gasteiger partial charge on any atom is -0.485 e. The number of ether oxygens (including phenoxy) is 3. The summed E-state index contributed by atoms with van der Waals surface area (Å²) in [5.74, 6) is -0.114. The number of thiocarbonyl (C=S) groups is 1. The van der Waals surface area contributed by atoms with E-state index < -0.39 is 13.7 Å². The van der Waals surface area contributed by atoms with Gasteiger partial charge in [-0.3, -0.25) is 18.9 Å². The van der Waals surface area contributed by atoms with Gasteiger partial charge in [0.2, 0.25) is 0 Å². The van der Waals surface area contributed by atoms with E-state index in [4.69, 9.17) is 40.5 Å². The molecule has 4 rings (SSSR count). The van der Waals surface area contributed by atoms with Crippen molar-refractivity contribution >= 4 is 60.1 Å². The fraction of sp³-hybridized carbons (Fsp3) is 0.650. The van der Waals surface area contributed by atoms with Gasteiger partial charge in [0.1, 0.15) is 24.6 Å². The summed E-state index contributed by atoms with van der Waals surface area (Å²) in [6, 6.07) is 8.14. The minimum absolute atomic E-state index is 0.0423. The number of ketones is 1. The van der Waals surface area contributed by atoms with Crippen LogP contribution < -0.4 is 10.6 Å². The molecule has 0 saturated heterocycles. The Morgan fingerprint density at radius 1 is 0.720 bits per heavy atom. The van der Waals surface area contributed by atoms with E-state index in [9.17, 15) is 23.8 Å². The number of allylic oxidation sites excluding steroid dienone is 5. The lowest BCUT2D eigenvalue weighted by Crippen LogP contribution is -2.30. The zero-order chi connectivity index (χ0) is 54.2. The number of hydrogen-bond acceptors (Lipinski definition) is 11. The van der Waals surface area contributed by atoms with Crippen molar-refractivity contribution in [2.24, 2.45) is 5.92 Å². The van der Waals surface area contributed by atoms with Crippen LogP contribution in [0.25, 0.3) is 5.57 Å². The number of hydrogen-bond donors (Lipinski definition) is 3. The molecule has 1 heterocycles. The van der Waals surface area contributed by atoms with Crippen molar-refractivity contribution in [3.05, 3.63) is 83.7 Å². The standard InChI is InChI=1S/C59H91N2O9PS.CO2/c1-3-5-7-9-11-13-15-17-19-22-26-34-56(63)67-47-51(69-57(64)35-27-23-20-18-16-14-12-10-8-6-4-2)42-45-71(65,66)68-44-31-25-21-24-30-43-60-59(72)61-49-38-36-48(37-39-49)58-52-32-28-29-33-54(52)70-55-46-50(62)40-41-53(55)58;2-1-3/h28-29,32-33,36-41,46,51-52,54H,3-27,30-31,34-35,42-45,47H2,1-2H3,(H,65,66)(H2,60,61,72);/t51-,52?,54?;/m0./s1. The van der Waals surface area contributed by atoms with Gasteiger partial charge in [0.15, 0.2) is 10.9 Å². The van der Waals surface area contributed by atoms with Crippen LogP contribution in [0.15, 0.2) is 78.1 Å². The van der Waals surface area contributed by atoms with E-state index in [0.717, 1.165) is 86.6 Å². The van der Waals surface area contributed by atoms with Crippen LogP contribution in [0.4, 0.5) is 5.69 Å². The van der Waals surface area contributed by atoms with E-state index in [1.54, 1.807) is 12.2 Å². The average molecular weight is 1080 g/mol. The van der Waals surface area contributed by atoms with Gasteiger partial charge in [-0.25, -0.2) is 0 Å². The van der Waals surface area contributed by atoms with Crippen LogP contribution in [0.3, 0.4) is 0 Å². The largest absolute Gasteiger partial charge is 0.485 e. The molecule has 0 bridgehead atoms. The number of unbranched alkanes of at least 4 members (excludes halogenated alkanes) is 24. The van der Waals surface area contributed by atoms with Gasteiger partial charge in [-0.15, -0.1) is 0 Å². The maximum Gasteiger partial charge on any atom is 0.373 e. The molecule has 0 radical (unpaired) electrons. The van der Waals surface area contributed by atoms with Crippen LogP contribution in [0, 0.1) is 5.92 Å². The Morgan fingerprint density at radius 2 is 1.24 bits per heavy atom. The van der Waals surface area contributed by atoms with Crippen LogP contribution in [0.5, 0.6) is 0 Å². The Kier molecular flexibility index (Phi) is 35.2. The highest BCUT2D eigenvalue weighted by molar-refractivity contribution is 7.80. The van der Waals surface area contributed by atoms with Crippen molar-refractivity contribution in [2.45, 2.75) is 219 Å². The monoisotopic (exact) mass is 1080 g/mol. The van der Waals surface area contributed by atoms with Crippen molar-refractivity contribution < 1.29 is 52.2 Å². The summed E-state index contributed by atoms with van der Waals surface area (Å²) in [4.78, 5) is 64.6. The van der Waals surface area contributed by atoms with Gasteiger partial charge in [0.25, 0.3) is 0 Å². The second kappa shape index (κ2) is 40.8. The van der Waals surface area contributed by atoms with E-state index in [1.807, 2.05) is 36.4 Å². The Labute approximate surface area is 455 Å². The van der Waals surface area contributed by atoms with Gasteiger partial charge in [0.05, 0.1) is 12.8 Å². The van der Waals surface area contributed by atoms with Gasteiger partial charge >= 0.3 is 25.7 Å². The van der Waals surface area contributed by atoms with Crippen LogP contribution in [0.2, 0.25) is 0 Å². The molecule has 15 heteroatoms. The number of carbonyl (C=O) groups is 3. The Balaban J connectivity index is 0.00000482. The number of fused-ring (bicyclic) bond motifs is 2. The lowest BCUT2D eigenvalue weighted by Gasteiger charge is -2.36. The highest BCUT2D eigenvalue weighted by atomic mass is 32.1. The molecule has 1 aromatic rings. The first-order valence-electron chi connectivity index (χ1n) is 28.7. The molecule has 0 spiro atoms. The lowest BCUT2D eigenvalue weighted by molar-refractivity contribution is -0.191. The second-order valence-corrected chi connectivity index (χ2v) is 22.5. The SMILES string of the molecule is CCCCCCCCCCCCCC(=O)OC[C@H](CCP(=O)(O)OCCCCCCCNC(=S)Nc1ccc(C2=C3C=CC(=O)C=C3OC3C=CC=CC23)cc1)OC(=O)CCCCCCCCCCCCC.O=C=O. The topological polar surface area (TPSA) is 184 Å². The summed E-state index contributed by atoms with van der Waals surface area (Å²) in [6.07, 6.45) is 43.4. The summed E-state index contributed by atoms with van der Waals surface area (Å²) < 4.78 is 36.0. The molecule has 75 heavy (non-hydrogen) atoms. The first-order chi connectivity index (χ1) is 36.5. The first kappa shape index (κ1) is 64.8. The molecule has 13 nitrogen and oxygen atoms in total. The van der Waals surface area contributed by atoms with Crippen molar-refractivity contribution in [1.82, 2.24) is 5.32 Å². The lowest BCUT2D eigenvalue weighted by atomic mass is 9.79. The summed E-state index contributed by atoms with van der Waals surface area (Å²) in [5.41, 5.74) is 3.98. The number of nitrogens with one attached hydrogen (secondary N) is 2. The van der Waals surface area contributed by atoms with E-state index in [1.165, 1.54) is 103 Å². The number of benzene rings is 1. The number of esters is 2. The molecule has 3 aliphatic rings. The molecule has 0 aromatic heterocycles. The predicted octanol–water partition coefficient (Wildman–Crippen LogP) is 14.7.